The van der Waals surface area contributed by atoms with E-state index in [1.165, 1.54) is 18.3 Å². The van der Waals surface area contributed by atoms with Crippen LogP contribution in [0.4, 0.5) is 26.3 Å². The number of fused-ring (bicyclic) bond motifs is 1. The van der Waals surface area contributed by atoms with Crippen molar-refractivity contribution in [3.05, 3.63) is 63.2 Å². The van der Waals surface area contributed by atoms with E-state index in [0.717, 1.165) is 22.6 Å². The van der Waals surface area contributed by atoms with Crippen LogP contribution in [0.2, 0.25) is 5.02 Å². The Bertz CT molecular complexity index is 1140. The van der Waals surface area contributed by atoms with Gasteiger partial charge in [-0.2, -0.15) is 26.3 Å². The van der Waals surface area contributed by atoms with E-state index >= 15 is 0 Å². The molecule has 0 aliphatic heterocycles. The van der Waals surface area contributed by atoms with Crippen molar-refractivity contribution in [1.29, 1.82) is 0 Å². The van der Waals surface area contributed by atoms with Crippen LogP contribution in [0.1, 0.15) is 11.3 Å². The van der Waals surface area contributed by atoms with Gasteiger partial charge < -0.3 is 4.74 Å². The number of alkyl halides is 6. The summed E-state index contributed by atoms with van der Waals surface area (Å²) in [5.74, 6) is -0.311. The van der Waals surface area contributed by atoms with Crippen molar-refractivity contribution in [2.24, 2.45) is 0 Å². The lowest BCUT2D eigenvalue weighted by Crippen LogP contribution is -2.24. The first kappa shape index (κ1) is 21.0. The minimum absolute atomic E-state index is 0.202. The molecule has 4 nitrogen and oxygen atoms in total. The summed E-state index contributed by atoms with van der Waals surface area (Å²) in [6.45, 7) is 0.0277. The van der Waals surface area contributed by atoms with Crippen LogP contribution in [0.5, 0.6) is 5.75 Å². The van der Waals surface area contributed by atoms with E-state index in [-0.39, 0.29) is 22.0 Å². The molecule has 0 saturated heterocycles. The van der Waals surface area contributed by atoms with Crippen molar-refractivity contribution in [3.63, 3.8) is 0 Å². The number of benzene rings is 1. The molecule has 0 radical (unpaired) electrons. The summed E-state index contributed by atoms with van der Waals surface area (Å²) >= 11 is 5.98. The van der Waals surface area contributed by atoms with Crippen molar-refractivity contribution in [2.45, 2.75) is 19.3 Å². The molecule has 0 atom stereocenters. The van der Waals surface area contributed by atoms with Crippen LogP contribution in [0, 0.1) is 6.92 Å². The molecule has 2 heterocycles. The maximum Gasteiger partial charge on any atom is 0.434 e. The van der Waals surface area contributed by atoms with E-state index < -0.39 is 35.8 Å². The Balaban J connectivity index is 2.20. The molecule has 0 aliphatic rings. The van der Waals surface area contributed by atoms with Gasteiger partial charge in [-0.15, -0.1) is 0 Å². The fourth-order valence-electron chi connectivity index (χ4n) is 2.64. The van der Waals surface area contributed by atoms with E-state index in [1.54, 1.807) is 6.92 Å². The van der Waals surface area contributed by atoms with Crippen LogP contribution < -0.4 is 10.3 Å². The number of nitrogens with zero attached hydrogens (tertiary/aromatic N) is 2. The summed E-state index contributed by atoms with van der Waals surface area (Å²) in [4.78, 5) is 16.4. The summed E-state index contributed by atoms with van der Waals surface area (Å²) < 4.78 is 83.1. The number of halogens is 7. The Morgan fingerprint density at radius 3 is 2.38 bits per heavy atom. The highest BCUT2D eigenvalue weighted by molar-refractivity contribution is 6.33. The third-order valence-corrected chi connectivity index (χ3v) is 4.18. The van der Waals surface area contributed by atoms with Crippen molar-refractivity contribution >= 4 is 17.2 Å². The van der Waals surface area contributed by atoms with Crippen molar-refractivity contribution in [1.82, 2.24) is 9.38 Å². The van der Waals surface area contributed by atoms with Crippen LogP contribution >= 0.6 is 11.6 Å². The van der Waals surface area contributed by atoms with Crippen molar-refractivity contribution < 1.29 is 31.1 Å². The number of rotatable bonds is 3. The topological polar surface area (TPSA) is 43.6 Å². The number of pyridine rings is 1. The molecule has 0 N–H and O–H groups in total. The van der Waals surface area contributed by atoms with Gasteiger partial charge in [0.2, 0.25) is 0 Å². The molecule has 2 aromatic heterocycles. The molecule has 0 spiro atoms. The Morgan fingerprint density at radius 1 is 1.10 bits per heavy atom. The lowest BCUT2D eigenvalue weighted by Gasteiger charge is -2.15. The summed E-state index contributed by atoms with van der Waals surface area (Å²) in [5, 5.41) is -0.388. The highest BCUT2D eigenvalue weighted by Gasteiger charge is 2.38. The van der Waals surface area contributed by atoms with E-state index in [2.05, 4.69) is 9.72 Å². The van der Waals surface area contributed by atoms with Gasteiger partial charge in [-0.05, 0) is 42.8 Å². The van der Waals surface area contributed by atoms with E-state index in [0.29, 0.717) is 5.56 Å². The fourth-order valence-corrected chi connectivity index (χ4v) is 2.91. The molecule has 0 bridgehead atoms. The average Bonchev–Trinajstić information content (AvgIpc) is 2.59. The Kier molecular flexibility index (Phi) is 5.24. The quantitative estimate of drug-likeness (QED) is 0.524. The Morgan fingerprint density at radius 2 is 1.79 bits per heavy atom. The third-order valence-electron chi connectivity index (χ3n) is 3.87. The maximum absolute atomic E-state index is 13.6. The van der Waals surface area contributed by atoms with Gasteiger partial charge in [-0.3, -0.25) is 9.20 Å². The Labute approximate surface area is 164 Å². The lowest BCUT2D eigenvalue weighted by molar-refractivity contribution is -0.153. The second-order valence-corrected chi connectivity index (χ2v) is 6.52. The number of ether oxygens (including phenoxy) is 1. The molecule has 3 rings (SSSR count). The zero-order valence-corrected chi connectivity index (χ0v) is 15.3. The number of hydrogen-bond donors (Lipinski definition) is 0. The van der Waals surface area contributed by atoms with E-state index in [1.807, 2.05) is 0 Å². The van der Waals surface area contributed by atoms with Gasteiger partial charge >= 0.3 is 12.4 Å². The third kappa shape index (κ3) is 4.47. The molecular weight excluding hydrogens is 426 g/mol. The second kappa shape index (κ2) is 7.25. The maximum atomic E-state index is 13.6. The van der Waals surface area contributed by atoms with Crippen LogP contribution in [0.15, 0.2) is 41.3 Å². The van der Waals surface area contributed by atoms with Crippen LogP contribution in [0.3, 0.4) is 0 Å². The minimum atomic E-state index is -4.97. The molecule has 11 heteroatoms. The highest BCUT2D eigenvalue weighted by Crippen LogP contribution is 2.38. The van der Waals surface area contributed by atoms with Gasteiger partial charge in [0.25, 0.3) is 5.56 Å². The molecule has 3 aromatic rings. The smallest absolute Gasteiger partial charge is 0.434 e. The molecule has 0 saturated carbocycles. The van der Waals surface area contributed by atoms with Crippen LogP contribution in [0.25, 0.3) is 16.8 Å². The largest absolute Gasteiger partial charge is 0.484 e. The first-order valence-electron chi connectivity index (χ1n) is 7.96. The van der Waals surface area contributed by atoms with E-state index in [4.69, 9.17) is 11.6 Å². The number of hydrogen-bond acceptors (Lipinski definition) is 3. The van der Waals surface area contributed by atoms with Gasteiger partial charge in [0.1, 0.15) is 11.4 Å². The van der Waals surface area contributed by atoms with Crippen molar-refractivity contribution in [2.75, 3.05) is 6.61 Å². The zero-order chi connectivity index (χ0) is 21.6. The first-order chi connectivity index (χ1) is 13.4. The van der Waals surface area contributed by atoms with Gasteiger partial charge in [0.15, 0.2) is 12.3 Å². The molecule has 29 heavy (non-hydrogen) atoms. The van der Waals surface area contributed by atoms with Gasteiger partial charge in [-0.25, -0.2) is 4.98 Å². The monoisotopic (exact) mass is 436 g/mol. The Hall–Kier alpha value is -2.75. The molecule has 154 valence electrons. The van der Waals surface area contributed by atoms with Gasteiger partial charge in [0, 0.05) is 11.8 Å². The summed E-state index contributed by atoms with van der Waals surface area (Å²) in [6.07, 6.45) is -8.30. The molecule has 0 fully saturated rings. The lowest BCUT2D eigenvalue weighted by atomic mass is 10.0. The SMILES string of the molecule is Cc1ccn2c(=O)c(-c3ccc(OCC(F)(F)F)cc3Cl)c(C(F)(F)F)nc2c1. The molecule has 0 unspecified atom stereocenters. The average molecular weight is 437 g/mol. The number of aromatic nitrogens is 2. The zero-order valence-electron chi connectivity index (χ0n) is 14.5. The molecule has 1 aromatic carbocycles. The summed E-state index contributed by atoms with van der Waals surface area (Å²) in [7, 11) is 0. The van der Waals surface area contributed by atoms with Gasteiger partial charge in [-0.1, -0.05) is 11.6 Å². The summed E-state index contributed by atoms with van der Waals surface area (Å²) in [6, 6.07) is 5.73. The van der Waals surface area contributed by atoms with Gasteiger partial charge in [0.05, 0.1) is 10.6 Å². The first-order valence-corrected chi connectivity index (χ1v) is 8.34. The predicted octanol–water partition coefficient (Wildman–Crippen LogP) is 5.28. The highest BCUT2D eigenvalue weighted by atomic mass is 35.5. The van der Waals surface area contributed by atoms with Crippen molar-refractivity contribution in [3.8, 4) is 16.9 Å². The summed E-state index contributed by atoms with van der Waals surface area (Å²) in [5.41, 5.74) is -3.21. The molecule has 0 amide bonds. The minimum Gasteiger partial charge on any atom is -0.484 e. The predicted molar refractivity (Wildman–Crippen MR) is 93.2 cm³/mol. The fraction of sp³-hybridized carbons (Fsp3) is 0.222. The molecular formula is C18H11ClF6N2O2. The standard InChI is InChI=1S/C18H11ClF6N2O2/c1-9-4-5-27-13(6-9)26-15(18(23,24)25)14(16(27)28)11-3-2-10(7-12(11)19)29-8-17(20,21)22/h2-7H,8H2,1H3. The van der Waals surface area contributed by atoms with E-state index in [9.17, 15) is 31.1 Å². The molecule has 0 aliphatic carbocycles. The second-order valence-electron chi connectivity index (χ2n) is 6.12. The van der Waals surface area contributed by atoms with Crippen LogP contribution in [-0.2, 0) is 6.18 Å². The normalized spacial score (nSPS) is 12.4. The number of aryl methyl sites for hydroxylation is 1. The van der Waals surface area contributed by atoms with Crippen LogP contribution in [-0.4, -0.2) is 22.2 Å².